The van der Waals surface area contributed by atoms with Gasteiger partial charge in [0.25, 0.3) is 0 Å². The first-order valence-electron chi connectivity index (χ1n) is 10.9. The van der Waals surface area contributed by atoms with E-state index in [2.05, 4.69) is 25.5 Å². The molecule has 0 fully saturated rings. The number of amides is 2. The molecular formula is C26H22N7O2. The number of para-hydroxylation sites is 1. The molecule has 0 aliphatic heterocycles. The van der Waals surface area contributed by atoms with E-state index in [-0.39, 0.29) is 18.2 Å². The Kier molecular flexibility index (Phi) is 5.72. The van der Waals surface area contributed by atoms with Crippen molar-refractivity contribution in [1.29, 1.82) is 0 Å². The third-order valence-electron chi connectivity index (χ3n) is 5.63. The second-order valence-electron chi connectivity index (χ2n) is 8.00. The molecule has 0 aliphatic carbocycles. The maximum atomic E-state index is 12.7. The lowest BCUT2D eigenvalue weighted by Gasteiger charge is -2.16. The first kappa shape index (κ1) is 21.9. The van der Waals surface area contributed by atoms with Crippen molar-refractivity contribution < 1.29 is 9.59 Å². The van der Waals surface area contributed by atoms with E-state index in [1.54, 1.807) is 30.5 Å². The monoisotopic (exact) mass is 464 g/mol. The number of imidazole rings is 1. The molecule has 0 atom stereocenters. The summed E-state index contributed by atoms with van der Waals surface area (Å²) in [5.41, 5.74) is 15.6. The van der Waals surface area contributed by atoms with Crippen LogP contribution >= 0.6 is 0 Å². The van der Waals surface area contributed by atoms with Gasteiger partial charge in [-0.05, 0) is 23.8 Å². The summed E-state index contributed by atoms with van der Waals surface area (Å²) < 4.78 is 0. The van der Waals surface area contributed by atoms with E-state index in [1.807, 2.05) is 48.5 Å². The predicted octanol–water partition coefficient (Wildman–Crippen LogP) is 3.17. The van der Waals surface area contributed by atoms with Crippen molar-refractivity contribution in [3.63, 3.8) is 0 Å². The van der Waals surface area contributed by atoms with E-state index in [0.29, 0.717) is 28.6 Å². The van der Waals surface area contributed by atoms with Crippen molar-refractivity contribution in [2.45, 2.75) is 6.42 Å². The van der Waals surface area contributed by atoms with Crippen LogP contribution in [0, 0.1) is 5.92 Å². The van der Waals surface area contributed by atoms with Crippen molar-refractivity contribution in [3.05, 3.63) is 102 Å². The van der Waals surface area contributed by atoms with Crippen LogP contribution in [0.2, 0.25) is 0 Å². The van der Waals surface area contributed by atoms with Gasteiger partial charge in [0, 0.05) is 28.4 Å². The number of aromatic nitrogens is 4. The molecule has 0 saturated carbocycles. The maximum Gasteiger partial charge on any atom is 0.237 e. The number of nitrogens with two attached hydrogens (primary N) is 2. The van der Waals surface area contributed by atoms with Crippen LogP contribution in [0.3, 0.4) is 0 Å². The average molecular weight is 465 g/mol. The van der Waals surface area contributed by atoms with Gasteiger partial charge in [-0.25, -0.2) is 4.98 Å². The van der Waals surface area contributed by atoms with Gasteiger partial charge in [-0.2, -0.15) is 5.10 Å². The standard InChI is InChI=1S/C26H22N7O2/c27-24-18-11-10-16(13-20(18)32-33-24)21-14-29-26(31-21)23(25(28)35)17-8-4-5-9-19(17)30-22(34)12-15-6-2-1-3-7-15/h1-11,13-14H,12H2,(H2,28,35)(H,29,31)(H,30,34)(H3,27,32,33). The largest absolute Gasteiger partial charge is 0.382 e. The zero-order chi connectivity index (χ0) is 24.4. The van der Waals surface area contributed by atoms with Crippen LogP contribution in [0.25, 0.3) is 22.2 Å². The number of carbonyl (C=O) groups excluding carboxylic acids is 2. The van der Waals surface area contributed by atoms with Gasteiger partial charge in [0.15, 0.2) is 11.7 Å². The van der Waals surface area contributed by atoms with Crippen molar-refractivity contribution in [1.82, 2.24) is 20.2 Å². The Hall–Kier alpha value is -4.92. The third kappa shape index (κ3) is 4.47. The van der Waals surface area contributed by atoms with Crippen LogP contribution in [0.5, 0.6) is 0 Å². The van der Waals surface area contributed by atoms with E-state index in [4.69, 9.17) is 11.5 Å². The highest BCUT2D eigenvalue weighted by molar-refractivity contribution is 6.01. The van der Waals surface area contributed by atoms with Gasteiger partial charge >= 0.3 is 0 Å². The number of hydrogen-bond acceptors (Lipinski definition) is 5. The first-order chi connectivity index (χ1) is 17.0. The number of anilines is 2. The summed E-state index contributed by atoms with van der Waals surface area (Å²) in [4.78, 5) is 32.9. The Morgan fingerprint density at radius 3 is 2.54 bits per heavy atom. The van der Waals surface area contributed by atoms with Gasteiger partial charge in [0.05, 0.1) is 17.6 Å². The number of carbonyl (C=O) groups is 2. The van der Waals surface area contributed by atoms with Crippen LogP contribution in [-0.4, -0.2) is 32.0 Å². The molecule has 0 saturated heterocycles. The van der Waals surface area contributed by atoms with Gasteiger partial charge < -0.3 is 21.8 Å². The number of H-pyrrole nitrogens is 2. The Balaban J connectivity index is 1.44. The number of rotatable bonds is 7. The van der Waals surface area contributed by atoms with E-state index >= 15 is 0 Å². The molecule has 9 nitrogen and oxygen atoms in total. The molecule has 9 heteroatoms. The highest BCUT2D eigenvalue weighted by Crippen LogP contribution is 2.31. The minimum Gasteiger partial charge on any atom is -0.382 e. The van der Waals surface area contributed by atoms with Gasteiger partial charge in [-0.3, -0.25) is 14.7 Å². The minimum absolute atomic E-state index is 0.165. The van der Waals surface area contributed by atoms with Crippen LogP contribution in [0.1, 0.15) is 17.0 Å². The van der Waals surface area contributed by atoms with Gasteiger partial charge in [0.2, 0.25) is 11.8 Å². The number of fused-ring (bicyclic) bond motifs is 1. The highest BCUT2D eigenvalue weighted by atomic mass is 16.2. The molecule has 5 rings (SSSR count). The molecule has 2 heterocycles. The lowest BCUT2D eigenvalue weighted by atomic mass is 9.95. The minimum atomic E-state index is -0.674. The molecule has 2 amide bonds. The quantitative estimate of drug-likeness (QED) is 0.250. The first-order valence-corrected chi connectivity index (χ1v) is 10.9. The lowest BCUT2D eigenvalue weighted by molar-refractivity contribution is -0.116. The van der Waals surface area contributed by atoms with E-state index in [0.717, 1.165) is 22.0 Å². The molecule has 7 N–H and O–H groups in total. The summed E-state index contributed by atoms with van der Waals surface area (Å²) >= 11 is 0. The van der Waals surface area contributed by atoms with Gasteiger partial charge in [-0.1, -0.05) is 54.6 Å². The molecule has 0 spiro atoms. The van der Waals surface area contributed by atoms with Gasteiger partial charge in [-0.15, -0.1) is 0 Å². The lowest BCUT2D eigenvalue weighted by Crippen LogP contribution is -2.26. The SMILES string of the molecule is NC(=O)[C](c1nc(-c2ccc3c(N)n[nH]c3c2)c[nH]1)c1ccccc1NC(=O)Cc1ccccc1. The summed E-state index contributed by atoms with van der Waals surface area (Å²) in [6.07, 6.45) is 1.89. The van der Waals surface area contributed by atoms with Crippen molar-refractivity contribution in [2.24, 2.45) is 5.73 Å². The van der Waals surface area contributed by atoms with E-state index < -0.39 is 5.91 Å². The zero-order valence-electron chi connectivity index (χ0n) is 18.6. The molecule has 1 radical (unpaired) electrons. The predicted molar refractivity (Wildman–Crippen MR) is 134 cm³/mol. The summed E-state index contributed by atoms with van der Waals surface area (Å²) in [5.74, 6) is -0.00285. The number of aromatic amines is 2. The second-order valence-corrected chi connectivity index (χ2v) is 8.00. The van der Waals surface area contributed by atoms with E-state index in [1.165, 1.54) is 0 Å². The smallest absolute Gasteiger partial charge is 0.237 e. The van der Waals surface area contributed by atoms with Crippen LogP contribution in [0.4, 0.5) is 11.5 Å². The number of benzene rings is 3. The van der Waals surface area contributed by atoms with Crippen molar-refractivity contribution >= 4 is 34.2 Å². The molecule has 0 unspecified atom stereocenters. The number of hydrogen-bond donors (Lipinski definition) is 5. The Morgan fingerprint density at radius 2 is 1.74 bits per heavy atom. The van der Waals surface area contributed by atoms with Crippen LogP contribution in [-0.2, 0) is 16.0 Å². The average Bonchev–Trinajstić information content (AvgIpc) is 3.48. The number of nitrogens with one attached hydrogen (secondary N) is 3. The normalized spacial score (nSPS) is 11.1. The van der Waals surface area contributed by atoms with E-state index in [9.17, 15) is 9.59 Å². The van der Waals surface area contributed by atoms with Gasteiger partial charge in [0.1, 0.15) is 5.82 Å². The Morgan fingerprint density at radius 1 is 0.971 bits per heavy atom. The number of nitrogens with zero attached hydrogens (tertiary/aromatic N) is 2. The number of primary amides is 1. The summed E-state index contributed by atoms with van der Waals surface area (Å²) in [7, 11) is 0. The molecule has 0 bridgehead atoms. The topological polar surface area (TPSA) is 156 Å². The highest BCUT2D eigenvalue weighted by Gasteiger charge is 2.28. The van der Waals surface area contributed by atoms with Crippen molar-refractivity contribution in [3.8, 4) is 11.3 Å². The molecule has 35 heavy (non-hydrogen) atoms. The molecule has 173 valence electrons. The maximum absolute atomic E-state index is 12.7. The third-order valence-corrected chi connectivity index (χ3v) is 5.63. The van der Waals surface area contributed by atoms with Crippen LogP contribution in [0.15, 0.2) is 79.0 Å². The van der Waals surface area contributed by atoms with Crippen LogP contribution < -0.4 is 16.8 Å². The molecular weight excluding hydrogens is 442 g/mol. The Labute approximate surface area is 200 Å². The summed E-state index contributed by atoms with van der Waals surface area (Å²) in [6.45, 7) is 0. The van der Waals surface area contributed by atoms with Crippen molar-refractivity contribution in [2.75, 3.05) is 11.1 Å². The summed E-state index contributed by atoms with van der Waals surface area (Å²) in [5, 5.41) is 10.6. The number of nitrogen functional groups attached to an aromatic ring is 1. The molecule has 2 aromatic heterocycles. The summed E-state index contributed by atoms with van der Waals surface area (Å²) in [6, 6.07) is 22.0. The fraction of sp³-hybridized carbons (Fsp3) is 0.0385. The molecule has 3 aromatic carbocycles. The second kappa shape index (κ2) is 9.14. The molecule has 0 aliphatic rings. The Bertz CT molecular complexity index is 1520. The fourth-order valence-corrected chi connectivity index (χ4v) is 3.96. The zero-order valence-corrected chi connectivity index (χ0v) is 18.6. The fourth-order valence-electron chi connectivity index (χ4n) is 3.96. The molecule has 5 aromatic rings.